The van der Waals surface area contributed by atoms with Gasteiger partial charge < -0.3 is 10.6 Å². The summed E-state index contributed by atoms with van der Waals surface area (Å²) in [5.41, 5.74) is 2.38. The monoisotopic (exact) mass is 450 g/mol. The lowest BCUT2D eigenvalue weighted by Gasteiger charge is -2.34. The highest BCUT2D eigenvalue weighted by atomic mass is 19.4. The predicted octanol–water partition coefficient (Wildman–Crippen LogP) is 6.26. The Morgan fingerprint density at radius 3 is 2.55 bits per heavy atom. The Labute approximate surface area is 188 Å². The molecule has 0 saturated carbocycles. The Hall–Kier alpha value is -3.81. The number of nitrogens with one attached hydrogen (secondary N) is 2. The number of nitrogens with zero attached hydrogens (tertiary/aromatic N) is 2. The third-order valence-electron chi connectivity index (χ3n) is 6.00. The van der Waals surface area contributed by atoms with Crippen LogP contribution in [0.2, 0.25) is 0 Å². The van der Waals surface area contributed by atoms with Crippen LogP contribution in [-0.4, -0.2) is 21.9 Å². The zero-order valence-electron chi connectivity index (χ0n) is 17.7. The molecule has 0 saturated heterocycles. The highest BCUT2D eigenvalue weighted by Crippen LogP contribution is 2.44. The molecule has 3 aromatic carbocycles. The molecule has 2 N–H and O–H groups in total. The number of carbonyl (C=O) groups excluding carboxylic acids is 1. The molecule has 8 heteroatoms. The number of carbonyl (C=O) groups is 1. The van der Waals surface area contributed by atoms with Crippen molar-refractivity contribution in [3.63, 3.8) is 0 Å². The number of anilines is 2. The van der Waals surface area contributed by atoms with E-state index in [9.17, 15) is 18.0 Å². The first-order chi connectivity index (χ1) is 15.8. The first-order valence-electron chi connectivity index (χ1n) is 10.6. The average molecular weight is 450 g/mol. The maximum absolute atomic E-state index is 13.9. The number of alkyl halides is 3. The smallest absolute Gasteiger partial charge is 0.363 e. The molecule has 1 aliphatic heterocycles. The van der Waals surface area contributed by atoms with E-state index in [1.165, 1.54) is 6.20 Å². The van der Waals surface area contributed by atoms with Crippen molar-refractivity contribution >= 4 is 28.2 Å². The number of aromatic nitrogens is 2. The number of aryl methyl sites for hydroxylation is 1. The minimum absolute atomic E-state index is 0.0619. The molecule has 0 fully saturated rings. The van der Waals surface area contributed by atoms with Crippen molar-refractivity contribution in [2.24, 2.45) is 0 Å². The van der Waals surface area contributed by atoms with E-state index in [-0.39, 0.29) is 17.8 Å². The largest absolute Gasteiger partial charge is 0.410 e. The van der Waals surface area contributed by atoms with Gasteiger partial charge in [-0.3, -0.25) is 4.79 Å². The number of benzene rings is 3. The van der Waals surface area contributed by atoms with Crippen LogP contribution in [0.4, 0.5) is 24.7 Å². The SMILES string of the molecule is Cc1ccc([C@@H]2C[C@H](C(F)(F)F)n3ncc(C(=O)Nc4cccc5ccccc45)c3N2)cc1. The molecule has 0 spiro atoms. The summed E-state index contributed by atoms with van der Waals surface area (Å²) in [5.74, 6) is -0.461. The maximum Gasteiger partial charge on any atom is 0.410 e. The van der Waals surface area contributed by atoms with Crippen LogP contribution in [0.5, 0.6) is 0 Å². The van der Waals surface area contributed by atoms with Crippen LogP contribution in [-0.2, 0) is 0 Å². The molecule has 0 radical (unpaired) electrons. The molecule has 5 rings (SSSR count). The molecule has 0 aliphatic carbocycles. The minimum atomic E-state index is -4.50. The van der Waals surface area contributed by atoms with Crippen molar-refractivity contribution in [2.75, 3.05) is 10.6 Å². The van der Waals surface area contributed by atoms with Gasteiger partial charge >= 0.3 is 6.18 Å². The standard InChI is InChI=1S/C25H21F3N4O/c1-15-9-11-17(12-10-15)21-13-22(25(26,27)28)32-23(30-21)19(14-29-32)24(33)31-20-8-4-6-16-5-2-3-7-18(16)20/h2-12,14,21-22,30H,13H2,1H3,(H,31,33)/t21-,22+/m0/s1. The average Bonchev–Trinajstić information content (AvgIpc) is 3.22. The minimum Gasteiger partial charge on any atom is -0.363 e. The summed E-state index contributed by atoms with van der Waals surface area (Å²) < 4.78 is 42.6. The van der Waals surface area contributed by atoms with Crippen molar-refractivity contribution in [2.45, 2.75) is 31.6 Å². The number of rotatable bonds is 3. The lowest BCUT2D eigenvalue weighted by Crippen LogP contribution is -2.36. The number of hydrogen-bond donors (Lipinski definition) is 2. The fraction of sp³-hybridized carbons (Fsp3) is 0.200. The van der Waals surface area contributed by atoms with Crippen molar-refractivity contribution < 1.29 is 18.0 Å². The maximum atomic E-state index is 13.9. The van der Waals surface area contributed by atoms with Crippen molar-refractivity contribution in [1.82, 2.24) is 9.78 Å². The van der Waals surface area contributed by atoms with Crippen molar-refractivity contribution in [3.05, 3.63) is 89.6 Å². The van der Waals surface area contributed by atoms with Gasteiger partial charge in [-0.2, -0.15) is 18.3 Å². The summed E-state index contributed by atoms with van der Waals surface area (Å²) in [4.78, 5) is 13.1. The van der Waals surface area contributed by atoms with Crippen LogP contribution in [0.3, 0.4) is 0 Å². The third kappa shape index (κ3) is 3.92. The first kappa shape index (κ1) is 21.1. The van der Waals surface area contributed by atoms with Gasteiger partial charge in [0.2, 0.25) is 0 Å². The summed E-state index contributed by atoms with van der Waals surface area (Å²) in [6.45, 7) is 1.92. The van der Waals surface area contributed by atoms with Crippen LogP contribution < -0.4 is 10.6 Å². The van der Waals surface area contributed by atoms with E-state index in [1.807, 2.05) is 67.6 Å². The molecule has 0 bridgehead atoms. The molecule has 1 aromatic heterocycles. The van der Waals surface area contributed by atoms with Gasteiger partial charge in [-0.1, -0.05) is 66.2 Å². The molecule has 168 valence electrons. The van der Waals surface area contributed by atoms with Gasteiger partial charge in [0, 0.05) is 17.5 Å². The zero-order valence-corrected chi connectivity index (χ0v) is 17.7. The van der Waals surface area contributed by atoms with Crippen molar-refractivity contribution in [1.29, 1.82) is 0 Å². The second-order valence-corrected chi connectivity index (χ2v) is 8.23. The summed E-state index contributed by atoms with van der Waals surface area (Å²) in [7, 11) is 0. The molecular weight excluding hydrogens is 429 g/mol. The van der Waals surface area contributed by atoms with Crippen molar-refractivity contribution in [3.8, 4) is 0 Å². The van der Waals surface area contributed by atoms with E-state index in [4.69, 9.17) is 0 Å². The normalized spacial score (nSPS) is 17.9. The van der Waals surface area contributed by atoms with Crippen LogP contribution >= 0.6 is 0 Å². The fourth-order valence-corrected chi connectivity index (χ4v) is 4.27. The quantitative estimate of drug-likeness (QED) is 0.388. The van der Waals surface area contributed by atoms with Gasteiger partial charge in [0.1, 0.15) is 11.4 Å². The molecule has 1 amide bonds. The van der Waals surface area contributed by atoms with Crippen LogP contribution in [0.15, 0.2) is 72.9 Å². The molecular formula is C25H21F3N4O. The van der Waals surface area contributed by atoms with E-state index in [2.05, 4.69) is 15.7 Å². The summed E-state index contributed by atoms with van der Waals surface area (Å²) in [6, 6.07) is 18.0. The Morgan fingerprint density at radius 2 is 1.79 bits per heavy atom. The van der Waals surface area contributed by atoms with E-state index < -0.39 is 24.2 Å². The van der Waals surface area contributed by atoms with Gasteiger partial charge in [-0.15, -0.1) is 0 Å². The molecule has 2 heterocycles. The van der Waals surface area contributed by atoms with Gasteiger partial charge in [0.25, 0.3) is 5.91 Å². The van der Waals surface area contributed by atoms with Gasteiger partial charge in [0.15, 0.2) is 6.04 Å². The molecule has 4 aromatic rings. The molecule has 5 nitrogen and oxygen atoms in total. The number of amides is 1. The van der Waals surface area contributed by atoms with Crippen LogP contribution in [0.25, 0.3) is 10.8 Å². The van der Waals surface area contributed by atoms with E-state index in [1.54, 1.807) is 6.07 Å². The molecule has 2 atom stereocenters. The van der Waals surface area contributed by atoms with Crippen LogP contribution in [0.1, 0.15) is 40.0 Å². The second-order valence-electron chi connectivity index (χ2n) is 8.23. The summed E-state index contributed by atoms with van der Waals surface area (Å²) in [6.07, 6.45) is -3.53. The lowest BCUT2D eigenvalue weighted by atomic mass is 9.96. The Kier molecular flexibility index (Phi) is 5.08. The Bertz CT molecular complexity index is 1320. The van der Waals surface area contributed by atoms with E-state index in [0.29, 0.717) is 5.69 Å². The molecule has 0 unspecified atom stereocenters. The van der Waals surface area contributed by atoms with Gasteiger partial charge in [0.05, 0.1) is 12.2 Å². The Morgan fingerprint density at radius 1 is 1.06 bits per heavy atom. The molecule has 33 heavy (non-hydrogen) atoms. The molecule has 1 aliphatic rings. The lowest BCUT2D eigenvalue weighted by molar-refractivity contribution is -0.173. The van der Waals surface area contributed by atoms with Gasteiger partial charge in [-0.25, -0.2) is 4.68 Å². The predicted molar refractivity (Wildman–Crippen MR) is 121 cm³/mol. The number of hydrogen-bond acceptors (Lipinski definition) is 3. The third-order valence-corrected chi connectivity index (χ3v) is 6.00. The summed E-state index contributed by atoms with van der Waals surface area (Å²) in [5, 5.41) is 11.7. The highest BCUT2D eigenvalue weighted by molar-refractivity contribution is 6.11. The Balaban J connectivity index is 1.51. The van der Waals surface area contributed by atoms with Crippen LogP contribution in [0, 0.1) is 6.92 Å². The number of fused-ring (bicyclic) bond motifs is 2. The number of halogens is 3. The zero-order chi connectivity index (χ0) is 23.2. The second kappa shape index (κ2) is 7.95. The van der Waals surface area contributed by atoms with E-state index in [0.717, 1.165) is 26.6 Å². The topological polar surface area (TPSA) is 59.0 Å². The van der Waals surface area contributed by atoms with Gasteiger partial charge in [-0.05, 0) is 23.9 Å². The summed E-state index contributed by atoms with van der Waals surface area (Å²) >= 11 is 0. The van der Waals surface area contributed by atoms with E-state index >= 15 is 0 Å². The highest BCUT2D eigenvalue weighted by Gasteiger charge is 2.47. The fourth-order valence-electron chi connectivity index (χ4n) is 4.27. The first-order valence-corrected chi connectivity index (χ1v) is 10.6.